The maximum atomic E-state index is 11.3. The van der Waals surface area contributed by atoms with Crippen LogP contribution in [-0.2, 0) is 9.53 Å². The van der Waals surface area contributed by atoms with Gasteiger partial charge in [-0.15, -0.1) is 0 Å². The van der Waals surface area contributed by atoms with E-state index in [-0.39, 0.29) is 12.0 Å². The van der Waals surface area contributed by atoms with Crippen molar-refractivity contribution in [3.8, 4) is 0 Å². The van der Waals surface area contributed by atoms with Crippen LogP contribution in [-0.4, -0.2) is 27.8 Å². The fraction of sp³-hybridized carbons (Fsp3) is 0.769. The largest absolute Gasteiger partial charge is 0.481 e. The molecule has 6 nitrogen and oxygen atoms in total. The smallest absolute Gasteiger partial charge is 0.307 e. The molecule has 0 bridgehead atoms. The van der Waals surface area contributed by atoms with Crippen LogP contribution in [0.15, 0.2) is 4.52 Å². The third-order valence-corrected chi connectivity index (χ3v) is 3.64. The summed E-state index contributed by atoms with van der Waals surface area (Å²) < 4.78 is 10.6. The van der Waals surface area contributed by atoms with Gasteiger partial charge in [-0.2, -0.15) is 4.98 Å². The number of rotatable bonds is 5. The third-order valence-electron chi connectivity index (χ3n) is 3.64. The van der Waals surface area contributed by atoms with Crippen molar-refractivity contribution in [2.75, 3.05) is 6.61 Å². The highest BCUT2D eigenvalue weighted by molar-refractivity contribution is 5.71. The number of carboxylic acids is 1. The van der Waals surface area contributed by atoms with Crippen molar-refractivity contribution in [2.24, 2.45) is 5.92 Å². The van der Waals surface area contributed by atoms with Crippen molar-refractivity contribution in [3.63, 3.8) is 0 Å². The van der Waals surface area contributed by atoms with Crippen molar-refractivity contribution < 1.29 is 19.2 Å². The predicted molar refractivity (Wildman–Crippen MR) is 66.7 cm³/mol. The van der Waals surface area contributed by atoms with Crippen LogP contribution in [0, 0.1) is 5.92 Å². The Balaban J connectivity index is 2.14. The molecular formula is C13H20N2O4. The summed E-state index contributed by atoms with van der Waals surface area (Å²) in [5, 5.41) is 13.2. The maximum Gasteiger partial charge on any atom is 0.307 e. The molecule has 19 heavy (non-hydrogen) atoms. The highest BCUT2D eigenvalue weighted by Gasteiger charge is 2.35. The lowest BCUT2D eigenvalue weighted by Gasteiger charge is -2.25. The second kappa shape index (κ2) is 6.14. The highest BCUT2D eigenvalue weighted by Crippen LogP contribution is 2.37. The molecule has 1 saturated carbocycles. The molecule has 1 fully saturated rings. The summed E-state index contributed by atoms with van der Waals surface area (Å²) in [5.41, 5.74) is 0. The van der Waals surface area contributed by atoms with Crippen molar-refractivity contribution in [1.82, 2.24) is 10.1 Å². The lowest BCUT2D eigenvalue weighted by atomic mass is 9.79. The topological polar surface area (TPSA) is 85.5 Å². The molecule has 0 spiro atoms. The zero-order valence-electron chi connectivity index (χ0n) is 11.3. The monoisotopic (exact) mass is 268 g/mol. The molecule has 1 aliphatic rings. The average Bonchev–Trinajstić information content (AvgIpc) is 2.88. The zero-order chi connectivity index (χ0) is 13.8. The Morgan fingerprint density at radius 2 is 2.26 bits per heavy atom. The van der Waals surface area contributed by atoms with Gasteiger partial charge >= 0.3 is 5.97 Å². The minimum absolute atomic E-state index is 0.165. The fourth-order valence-corrected chi connectivity index (χ4v) is 2.61. The molecule has 0 radical (unpaired) electrons. The zero-order valence-corrected chi connectivity index (χ0v) is 11.3. The molecule has 0 saturated heterocycles. The molecule has 1 aromatic heterocycles. The number of nitrogens with zero attached hydrogens (tertiary/aromatic N) is 2. The summed E-state index contributed by atoms with van der Waals surface area (Å²) >= 11 is 0. The van der Waals surface area contributed by atoms with Crippen LogP contribution in [0.2, 0.25) is 0 Å². The lowest BCUT2D eigenvalue weighted by Crippen LogP contribution is -2.25. The molecule has 3 unspecified atom stereocenters. The van der Waals surface area contributed by atoms with Gasteiger partial charge in [-0.3, -0.25) is 4.79 Å². The van der Waals surface area contributed by atoms with Gasteiger partial charge in [0.05, 0.1) is 11.8 Å². The van der Waals surface area contributed by atoms with E-state index in [1.807, 2.05) is 13.8 Å². The first-order valence-electron chi connectivity index (χ1n) is 6.81. The molecule has 0 aromatic carbocycles. The van der Waals surface area contributed by atoms with E-state index in [0.29, 0.717) is 24.7 Å². The van der Waals surface area contributed by atoms with Crippen molar-refractivity contribution in [3.05, 3.63) is 11.7 Å². The predicted octanol–water partition coefficient (Wildman–Crippen LogP) is 2.53. The quantitative estimate of drug-likeness (QED) is 0.883. The Morgan fingerprint density at radius 1 is 1.53 bits per heavy atom. The van der Waals surface area contributed by atoms with Gasteiger partial charge < -0.3 is 14.4 Å². The van der Waals surface area contributed by atoms with Crippen molar-refractivity contribution in [1.29, 1.82) is 0 Å². The second-order valence-corrected chi connectivity index (χ2v) is 4.92. The van der Waals surface area contributed by atoms with Crippen LogP contribution >= 0.6 is 0 Å². The SMILES string of the molecule is CCOC(C)c1noc(C2CCCCC2C(=O)O)n1. The van der Waals surface area contributed by atoms with Crippen LogP contribution in [0.25, 0.3) is 0 Å². The van der Waals surface area contributed by atoms with Crippen LogP contribution in [0.3, 0.4) is 0 Å². The van der Waals surface area contributed by atoms with Gasteiger partial charge in [0, 0.05) is 6.61 Å². The van der Waals surface area contributed by atoms with Gasteiger partial charge in [0.15, 0.2) is 5.82 Å². The molecule has 106 valence electrons. The molecule has 1 N–H and O–H groups in total. The molecule has 0 amide bonds. The summed E-state index contributed by atoms with van der Waals surface area (Å²) in [5.74, 6) is -0.423. The number of aromatic nitrogens is 2. The normalized spacial score (nSPS) is 25.2. The van der Waals surface area contributed by atoms with E-state index < -0.39 is 11.9 Å². The molecular weight excluding hydrogens is 248 g/mol. The van der Waals surface area contributed by atoms with Crippen LogP contribution in [0.5, 0.6) is 0 Å². The lowest BCUT2D eigenvalue weighted by molar-refractivity contribution is -0.143. The Morgan fingerprint density at radius 3 is 2.95 bits per heavy atom. The van der Waals surface area contributed by atoms with Gasteiger partial charge in [0.1, 0.15) is 6.10 Å². The molecule has 1 heterocycles. The van der Waals surface area contributed by atoms with E-state index in [4.69, 9.17) is 9.26 Å². The molecule has 1 aromatic rings. The first-order valence-corrected chi connectivity index (χ1v) is 6.81. The number of carbonyl (C=O) groups is 1. The van der Waals surface area contributed by atoms with E-state index in [1.165, 1.54) is 0 Å². The molecule has 0 aliphatic heterocycles. The average molecular weight is 268 g/mol. The van der Waals surface area contributed by atoms with E-state index in [9.17, 15) is 9.90 Å². The first-order chi connectivity index (χ1) is 9.13. The maximum absolute atomic E-state index is 11.3. The fourth-order valence-electron chi connectivity index (χ4n) is 2.61. The molecule has 2 rings (SSSR count). The number of carboxylic acid groups (broad SMARTS) is 1. The number of ether oxygens (including phenoxy) is 1. The van der Waals surface area contributed by atoms with Crippen LogP contribution < -0.4 is 0 Å². The summed E-state index contributed by atoms with van der Waals surface area (Å²) in [6, 6.07) is 0. The highest BCUT2D eigenvalue weighted by atomic mass is 16.5. The summed E-state index contributed by atoms with van der Waals surface area (Å²) in [7, 11) is 0. The summed E-state index contributed by atoms with van der Waals surface area (Å²) in [6.45, 7) is 4.33. The van der Waals surface area contributed by atoms with Gasteiger partial charge in [-0.1, -0.05) is 18.0 Å². The Kier molecular flexibility index (Phi) is 4.52. The number of aliphatic carboxylic acids is 1. The summed E-state index contributed by atoms with van der Waals surface area (Å²) in [6.07, 6.45) is 3.20. The summed E-state index contributed by atoms with van der Waals surface area (Å²) in [4.78, 5) is 15.6. The van der Waals surface area contributed by atoms with E-state index in [1.54, 1.807) is 0 Å². The van der Waals surface area contributed by atoms with Gasteiger partial charge in [-0.25, -0.2) is 0 Å². The minimum Gasteiger partial charge on any atom is -0.481 e. The van der Waals surface area contributed by atoms with Crippen molar-refractivity contribution >= 4 is 5.97 Å². The van der Waals surface area contributed by atoms with Crippen LogP contribution in [0.4, 0.5) is 0 Å². The van der Waals surface area contributed by atoms with E-state index in [2.05, 4.69) is 10.1 Å². The van der Waals surface area contributed by atoms with Crippen LogP contribution in [0.1, 0.15) is 63.3 Å². The van der Waals surface area contributed by atoms with Gasteiger partial charge in [0.2, 0.25) is 5.89 Å². The number of hydrogen-bond donors (Lipinski definition) is 1. The van der Waals surface area contributed by atoms with E-state index >= 15 is 0 Å². The van der Waals surface area contributed by atoms with Gasteiger partial charge in [-0.05, 0) is 26.7 Å². The Labute approximate surface area is 112 Å². The van der Waals surface area contributed by atoms with Crippen molar-refractivity contribution in [2.45, 2.75) is 51.6 Å². The molecule has 1 aliphatic carbocycles. The minimum atomic E-state index is -0.776. The first kappa shape index (κ1) is 14.0. The van der Waals surface area contributed by atoms with E-state index in [0.717, 1.165) is 19.3 Å². The third kappa shape index (κ3) is 3.12. The Bertz CT molecular complexity index is 432. The molecule has 6 heteroatoms. The standard InChI is InChI=1S/C13H20N2O4/c1-3-18-8(2)11-14-12(19-15-11)9-6-4-5-7-10(9)13(16)17/h8-10H,3-7H2,1-2H3,(H,16,17). The number of hydrogen-bond acceptors (Lipinski definition) is 5. The van der Waals surface area contributed by atoms with Gasteiger partial charge in [0.25, 0.3) is 0 Å². The second-order valence-electron chi connectivity index (χ2n) is 4.92. The molecule has 3 atom stereocenters. The Hall–Kier alpha value is -1.43.